The molecule has 4 heteroatoms. The molecule has 0 saturated heterocycles. The molecule has 2 aliphatic carbocycles. The van der Waals surface area contributed by atoms with Crippen molar-refractivity contribution in [2.45, 2.75) is 38.5 Å². The molecule has 3 N–H and O–H groups in total. The van der Waals surface area contributed by atoms with Crippen LogP contribution in [0.1, 0.15) is 38.5 Å². The molecule has 0 aliphatic heterocycles. The molecule has 0 unspecified atom stereocenters. The maximum Gasteiger partial charge on any atom is 0.332 e. The summed E-state index contributed by atoms with van der Waals surface area (Å²) in [5.74, 6) is 0. The van der Waals surface area contributed by atoms with E-state index in [0.717, 1.165) is 18.6 Å². The van der Waals surface area contributed by atoms with E-state index in [1.165, 1.54) is 25.7 Å². The zero-order chi connectivity index (χ0) is 9.31. The first-order valence-corrected chi connectivity index (χ1v) is 4.81. The predicted octanol–water partition coefficient (Wildman–Crippen LogP) is 1.36. The Balaban J connectivity index is 1.83. The van der Waals surface area contributed by atoms with Gasteiger partial charge in [-0.15, -0.1) is 0 Å². The van der Waals surface area contributed by atoms with Gasteiger partial charge in [-0.25, -0.2) is 10.2 Å². The van der Waals surface area contributed by atoms with Crippen LogP contribution in [0.4, 0.5) is 4.79 Å². The van der Waals surface area contributed by atoms with Gasteiger partial charge in [-0.05, 0) is 43.9 Å². The maximum atomic E-state index is 10.4. The Morgan fingerprint density at radius 2 is 1.92 bits per heavy atom. The van der Waals surface area contributed by atoms with Gasteiger partial charge >= 0.3 is 6.03 Å². The Kier molecular flexibility index (Phi) is 1.98. The van der Waals surface area contributed by atoms with Crippen LogP contribution in [0.5, 0.6) is 0 Å². The lowest BCUT2D eigenvalue weighted by molar-refractivity contribution is 0.249. The predicted molar refractivity (Wildman–Crippen MR) is 50.3 cm³/mol. The lowest BCUT2D eigenvalue weighted by atomic mass is 9.85. The molecule has 1 spiro atoms. The van der Waals surface area contributed by atoms with E-state index >= 15 is 0 Å². The number of nitrogens with zero attached hydrogens (tertiary/aromatic N) is 1. The second-order valence-corrected chi connectivity index (χ2v) is 4.15. The summed E-state index contributed by atoms with van der Waals surface area (Å²) in [5, 5.41) is 3.97. The summed E-state index contributed by atoms with van der Waals surface area (Å²) < 4.78 is 0. The number of hydrogen-bond acceptors (Lipinski definition) is 2. The number of carbonyl (C=O) groups is 1. The molecule has 2 amide bonds. The van der Waals surface area contributed by atoms with Crippen LogP contribution in [0.2, 0.25) is 0 Å². The average Bonchev–Trinajstić information content (AvgIpc) is 2.85. The van der Waals surface area contributed by atoms with Crippen molar-refractivity contribution in [2.24, 2.45) is 16.3 Å². The smallest absolute Gasteiger partial charge is 0.332 e. The van der Waals surface area contributed by atoms with Gasteiger partial charge in [0, 0.05) is 5.71 Å². The van der Waals surface area contributed by atoms with E-state index in [1.807, 2.05) is 0 Å². The molecule has 0 radical (unpaired) electrons. The number of nitrogens with two attached hydrogens (primary N) is 1. The third-order valence-corrected chi connectivity index (χ3v) is 3.17. The number of carbonyl (C=O) groups excluding carboxylic acids is 1. The molecule has 72 valence electrons. The first-order chi connectivity index (χ1) is 6.20. The lowest BCUT2D eigenvalue weighted by Crippen LogP contribution is -2.27. The van der Waals surface area contributed by atoms with Gasteiger partial charge < -0.3 is 5.73 Å². The van der Waals surface area contributed by atoms with Crippen molar-refractivity contribution in [1.82, 2.24) is 5.43 Å². The number of amides is 2. The second-order valence-electron chi connectivity index (χ2n) is 4.15. The fourth-order valence-corrected chi connectivity index (χ4v) is 1.99. The van der Waals surface area contributed by atoms with Gasteiger partial charge in [0.15, 0.2) is 0 Å². The summed E-state index contributed by atoms with van der Waals surface area (Å²) in [6.45, 7) is 0. The monoisotopic (exact) mass is 181 g/mol. The van der Waals surface area contributed by atoms with Crippen molar-refractivity contribution < 1.29 is 4.79 Å². The molecule has 2 fully saturated rings. The molecule has 4 nitrogen and oxygen atoms in total. The van der Waals surface area contributed by atoms with Crippen molar-refractivity contribution in [3.05, 3.63) is 0 Å². The largest absolute Gasteiger partial charge is 0.350 e. The second kappa shape index (κ2) is 3.01. The summed E-state index contributed by atoms with van der Waals surface area (Å²) in [6, 6.07) is -0.570. The summed E-state index contributed by atoms with van der Waals surface area (Å²) >= 11 is 0. The molecule has 13 heavy (non-hydrogen) atoms. The zero-order valence-corrected chi connectivity index (χ0v) is 7.68. The van der Waals surface area contributed by atoms with Crippen LogP contribution in [-0.2, 0) is 0 Å². The van der Waals surface area contributed by atoms with E-state index in [2.05, 4.69) is 10.5 Å². The minimum Gasteiger partial charge on any atom is -0.350 e. The topological polar surface area (TPSA) is 67.5 Å². The van der Waals surface area contributed by atoms with E-state index < -0.39 is 6.03 Å². The Morgan fingerprint density at radius 1 is 1.31 bits per heavy atom. The highest BCUT2D eigenvalue weighted by atomic mass is 16.2. The number of nitrogens with one attached hydrogen (secondary N) is 1. The molecule has 0 atom stereocenters. The summed E-state index contributed by atoms with van der Waals surface area (Å²) in [6.07, 6.45) is 7.33. The molecular formula is C9H15N3O. The third-order valence-electron chi connectivity index (χ3n) is 3.17. The van der Waals surface area contributed by atoms with E-state index in [4.69, 9.17) is 5.73 Å². The van der Waals surface area contributed by atoms with Crippen LogP contribution in [0, 0.1) is 5.41 Å². The molecule has 0 heterocycles. The SMILES string of the molecule is NC(=O)NN=C1CCC2(CC1)CC2. The third kappa shape index (κ3) is 1.99. The number of rotatable bonds is 1. The summed E-state index contributed by atoms with van der Waals surface area (Å²) in [4.78, 5) is 10.4. The molecule has 0 aromatic rings. The molecule has 0 bridgehead atoms. The standard InChI is InChI=1S/C9H15N3O/c10-8(13)12-11-7-1-3-9(4-2-7)5-6-9/h1-6H2,(H3,10,12,13). The molecule has 2 aliphatic rings. The Morgan fingerprint density at radius 3 is 2.38 bits per heavy atom. The fraction of sp³-hybridized carbons (Fsp3) is 0.778. The number of primary amides is 1. The van der Waals surface area contributed by atoms with Gasteiger partial charge in [0.05, 0.1) is 0 Å². The van der Waals surface area contributed by atoms with Gasteiger partial charge in [-0.3, -0.25) is 0 Å². The van der Waals surface area contributed by atoms with Crippen LogP contribution in [0.15, 0.2) is 5.10 Å². The first-order valence-electron chi connectivity index (χ1n) is 4.81. The normalized spacial score (nSPS) is 24.2. The van der Waals surface area contributed by atoms with Crippen molar-refractivity contribution in [1.29, 1.82) is 0 Å². The van der Waals surface area contributed by atoms with E-state index in [-0.39, 0.29) is 0 Å². The average molecular weight is 181 g/mol. The van der Waals surface area contributed by atoms with Crippen LogP contribution < -0.4 is 11.2 Å². The van der Waals surface area contributed by atoms with Crippen molar-refractivity contribution in [3.63, 3.8) is 0 Å². The zero-order valence-electron chi connectivity index (χ0n) is 7.68. The van der Waals surface area contributed by atoms with Crippen LogP contribution in [0.25, 0.3) is 0 Å². The quantitative estimate of drug-likeness (QED) is 0.589. The fourth-order valence-electron chi connectivity index (χ4n) is 1.99. The molecule has 0 aromatic heterocycles. The number of hydrazone groups is 1. The molecule has 2 saturated carbocycles. The maximum absolute atomic E-state index is 10.4. The van der Waals surface area contributed by atoms with E-state index in [0.29, 0.717) is 5.41 Å². The Hall–Kier alpha value is -1.06. The highest BCUT2D eigenvalue weighted by molar-refractivity contribution is 5.86. The van der Waals surface area contributed by atoms with Gasteiger partial charge in [-0.2, -0.15) is 5.10 Å². The van der Waals surface area contributed by atoms with Crippen molar-refractivity contribution in [2.75, 3.05) is 0 Å². The Bertz CT molecular complexity index is 244. The van der Waals surface area contributed by atoms with Crippen LogP contribution in [-0.4, -0.2) is 11.7 Å². The molecule has 2 rings (SSSR count). The van der Waals surface area contributed by atoms with Crippen molar-refractivity contribution in [3.8, 4) is 0 Å². The lowest BCUT2D eigenvalue weighted by Gasteiger charge is -2.21. The minimum absolute atomic E-state index is 0.570. The van der Waals surface area contributed by atoms with Gasteiger partial charge in [0.1, 0.15) is 0 Å². The van der Waals surface area contributed by atoms with Gasteiger partial charge in [0.2, 0.25) is 0 Å². The number of hydrogen-bond donors (Lipinski definition) is 2. The number of urea groups is 1. The van der Waals surface area contributed by atoms with Crippen LogP contribution >= 0.6 is 0 Å². The van der Waals surface area contributed by atoms with Crippen LogP contribution in [0.3, 0.4) is 0 Å². The highest BCUT2D eigenvalue weighted by Crippen LogP contribution is 2.55. The summed E-state index contributed by atoms with van der Waals surface area (Å²) in [5.41, 5.74) is 8.97. The van der Waals surface area contributed by atoms with Gasteiger partial charge in [-0.1, -0.05) is 0 Å². The Labute approximate surface area is 77.6 Å². The van der Waals surface area contributed by atoms with Crippen molar-refractivity contribution >= 4 is 11.7 Å². The minimum atomic E-state index is -0.570. The molecule has 0 aromatic carbocycles. The van der Waals surface area contributed by atoms with Gasteiger partial charge in [0.25, 0.3) is 0 Å². The first kappa shape index (κ1) is 8.53. The molecular weight excluding hydrogens is 166 g/mol. The summed E-state index contributed by atoms with van der Waals surface area (Å²) in [7, 11) is 0. The van der Waals surface area contributed by atoms with E-state index in [9.17, 15) is 4.79 Å². The van der Waals surface area contributed by atoms with E-state index in [1.54, 1.807) is 0 Å². The highest BCUT2D eigenvalue weighted by Gasteiger charge is 2.43.